The standard InChI is InChI=1S/C18H23F3N4S/c1-4-16-24-15(12-26-16)9-10-23-17(22-2)25(3)11-13-5-7-14(8-6-13)18(19,20)21/h5-8,12H,4,9-11H2,1-3H3,(H,22,23). The van der Waals surface area contributed by atoms with Gasteiger partial charge in [-0.05, 0) is 24.1 Å². The van der Waals surface area contributed by atoms with E-state index < -0.39 is 11.7 Å². The maximum atomic E-state index is 12.6. The number of rotatable bonds is 6. The molecule has 26 heavy (non-hydrogen) atoms. The van der Waals surface area contributed by atoms with E-state index in [0.717, 1.165) is 41.2 Å². The van der Waals surface area contributed by atoms with Gasteiger partial charge in [0.2, 0.25) is 0 Å². The second kappa shape index (κ2) is 9.02. The Bertz CT molecular complexity index is 723. The average Bonchev–Trinajstić information content (AvgIpc) is 3.06. The van der Waals surface area contributed by atoms with Crippen LogP contribution in [0.2, 0.25) is 0 Å². The number of hydrogen-bond acceptors (Lipinski definition) is 3. The molecule has 8 heteroatoms. The Morgan fingerprint density at radius 3 is 2.50 bits per heavy atom. The lowest BCUT2D eigenvalue weighted by molar-refractivity contribution is -0.137. The molecule has 0 aliphatic heterocycles. The van der Waals surface area contributed by atoms with Gasteiger partial charge in [0.1, 0.15) is 0 Å². The highest BCUT2D eigenvalue weighted by Crippen LogP contribution is 2.29. The molecule has 0 aliphatic carbocycles. The topological polar surface area (TPSA) is 40.5 Å². The zero-order valence-corrected chi connectivity index (χ0v) is 15.9. The van der Waals surface area contributed by atoms with Gasteiger partial charge in [0.25, 0.3) is 0 Å². The summed E-state index contributed by atoms with van der Waals surface area (Å²) in [6.07, 6.45) is -2.57. The van der Waals surface area contributed by atoms with Crippen LogP contribution in [0.4, 0.5) is 13.2 Å². The van der Waals surface area contributed by atoms with Crippen molar-refractivity contribution in [2.45, 2.75) is 32.5 Å². The monoisotopic (exact) mass is 384 g/mol. The Hall–Kier alpha value is -2.09. The van der Waals surface area contributed by atoms with Crippen molar-refractivity contribution in [2.75, 3.05) is 20.6 Å². The number of aryl methyl sites for hydroxylation is 1. The van der Waals surface area contributed by atoms with Gasteiger partial charge >= 0.3 is 6.18 Å². The number of halogens is 3. The molecule has 0 bridgehead atoms. The van der Waals surface area contributed by atoms with E-state index in [2.05, 4.69) is 27.6 Å². The molecular formula is C18H23F3N4S. The number of guanidine groups is 1. The van der Waals surface area contributed by atoms with E-state index in [9.17, 15) is 13.2 Å². The SMILES string of the molecule is CCc1nc(CCNC(=NC)N(C)Cc2ccc(C(F)(F)F)cc2)cs1. The van der Waals surface area contributed by atoms with Gasteiger partial charge in [-0.3, -0.25) is 4.99 Å². The maximum Gasteiger partial charge on any atom is 0.416 e. The first-order valence-electron chi connectivity index (χ1n) is 8.34. The Balaban J connectivity index is 1.86. The molecule has 0 atom stereocenters. The molecule has 0 saturated carbocycles. The normalized spacial score (nSPS) is 12.3. The smallest absolute Gasteiger partial charge is 0.356 e. The van der Waals surface area contributed by atoms with Crippen LogP contribution in [0, 0.1) is 0 Å². The third-order valence-electron chi connectivity index (χ3n) is 3.84. The molecule has 0 amide bonds. The van der Waals surface area contributed by atoms with Crippen LogP contribution in [0.25, 0.3) is 0 Å². The van der Waals surface area contributed by atoms with Gasteiger partial charge in [-0.1, -0.05) is 19.1 Å². The Morgan fingerprint density at radius 2 is 1.96 bits per heavy atom. The van der Waals surface area contributed by atoms with E-state index in [1.165, 1.54) is 12.1 Å². The third kappa shape index (κ3) is 5.72. The second-order valence-corrected chi connectivity index (χ2v) is 6.80. The predicted octanol–water partition coefficient (Wildman–Crippen LogP) is 3.97. The number of nitrogens with one attached hydrogen (secondary N) is 1. The first-order chi connectivity index (χ1) is 12.3. The summed E-state index contributed by atoms with van der Waals surface area (Å²) in [7, 11) is 3.54. The lowest BCUT2D eigenvalue weighted by atomic mass is 10.1. The summed E-state index contributed by atoms with van der Waals surface area (Å²) in [6.45, 7) is 3.24. The van der Waals surface area contributed by atoms with Crippen LogP contribution in [0.15, 0.2) is 34.6 Å². The van der Waals surface area contributed by atoms with Crippen molar-refractivity contribution >= 4 is 17.3 Å². The Labute approximate surface area is 155 Å². The van der Waals surface area contributed by atoms with E-state index in [-0.39, 0.29) is 0 Å². The number of aromatic nitrogens is 1. The Kier molecular flexibility index (Phi) is 7.02. The van der Waals surface area contributed by atoms with Crippen molar-refractivity contribution in [1.29, 1.82) is 0 Å². The number of hydrogen-bond donors (Lipinski definition) is 1. The van der Waals surface area contributed by atoms with Gasteiger partial charge in [0.05, 0.1) is 16.3 Å². The van der Waals surface area contributed by atoms with Crippen LogP contribution in [0.5, 0.6) is 0 Å². The molecule has 2 aromatic rings. The minimum absolute atomic E-state index is 0.467. The highest BCUT2D eigenvalue weighted by molar-refractivity contribution is 7.09. The number of benzene rings is 1. The number of alkyl halides is 3. The summed E-state index contributed by atoms with van der Waals surface area (Å²) >= 11 is 1.67. The zero-order valence-electron chi connectivity index (χ0n) is 15.1. The molecule has 0 spiro atoms. The summed E-state index contributed by atoms with van der Waals surface area (Å²) in [6, 6.07) is 5.20. The van der Waals surface area contributed by atoms with E-state index in [4.69, 9.17) is 0 Å². The lowest BCUT2D eigenvalue weighted by Crippen LogP contribution is -2.39. The molecule has 0 aliphatic rings. The Morgan fingerprint density at radius 1 is 1.27 bits per heavy atom. The largest absolute Gasteiger partial charge is 0.416 e. The van der Waals surface area contributed by atoms with Crippen molar-refractivity contribution in [3.05, 3.63) is 51.5 Å². The summed E-state index contributed by atoms with van der Waals surface area (Å²) in [4.78, 5) is 10.6. The van der Waals surface area contributed by atoms with Gasteiger partial charge in [0, 0.05) is 39.0 Å². The van der Waals surface area contributed by atoms with Crippen molar-refractivity contribution in [3.63, 3.8) is 0 Å². The van der Waals surface area contributed by atoms with Gasteiger partial charge < -0.3 is 10.2 Å². The quantitative estimate of drug-likeness (QED) is 0.605. The second-order valence-electron chi connectivity index (χ2n) is 5.86. The van der Waals surface area contributed by atoms with E-state index >= 15 is 0 Å². The highest BCUT2D eigenvalue weighted by atomic mass is 32.1. The maximum absolute atomic E-state index is 12.6. The molecule has 4 nitrogen and oxygen atoms in total. The van der Waals surface area contributed by atoms with E-state index in [0.29, 0.717) is 19.0 Å². The van der Waals surface area contributed by atoms with E-state index in [1.54, 1.807) is 18.4 Å². The molecule has 2 rings (SSSR count). The fraction of sp³-hybridized carbons (Fsp3) is 0.444. The summed E-state index contributed by atoms with van der Waals surface area (Å²) < 4.78 is 37.9. The average molecular weight is 384 g/mol. The first-order valence-corrected chi connectivity index (χ1v) is 9.22. The molecule has 0 saturated heterocycles. The van der Waals surface area contributed by atoms with Crippen molar-refractivity contribution in [1.82, 2.24) is 15.2 Å². The van der Waals surface area contributed by atoms with Crippen LogP contribution in [-0.4, -0.2) is 36.5 Å². The van der Waals surface area contributed by atoms with Gasteiger partial charge in [-0.15, -0.1) is 11.3 Å². The predicted molar refractivity (Wildman–Crippen MR) is 99.5 cm³/mol. The summed E-state index contributed by atoms with van der Waals surface area (Å²) in [5, 5.41) is 6.45. The first kappa shape index (κ1) is 20.2. The minimum atomic E-state index is -4.31. The summed E-state index contributed by atoms with van der Waals surface area (Å²) in [5.74, 6) is 0.691. The van der Waals surface area contributed by atoms with Gasteiger partial charge in [0.15, 0.2) is 5.96 Å². The highest BCUT2D eigenvalue weighted by Gasteiger charge is 2.29. The van der Waals surface area contributed by atoms with Crippen LogP contribution in [0.3, 0.4) is 0 Å². The van der Waals surface area contributed by atoms with Crippen molar-refractivity contribution in [3.8, 4) is 0 Å². The van der Waals surface area contributed by atoms with Crippen LogP contribution >= 0.6 is 11.3 Å². The van der Waals surface area contributed by atoms with Crippen LogP contribution < -0.4 is 5.32 Å². The molecule has 1 aromatic carbocycles. The fourth-order valence-corrected chi connectivity index (χ4v) is 3.24. The number of thiazole rings is 1. The third-order valence-corrected chi connectivity index (χ3v) is 4.88. The number of aliphatic imine (C=N–C) groups is 1. The lowest BCUT2D eigenvalue weighted by Gasteiger charge is -2.22. The zero-order chi connectivity index (χ0) is 19.2. The minimum Gasteiger partial charge on any atom is -0.356 e. The molecule has 142 valence electrons. The van der Waals surface area contributed by atoms with E-state index in [1.807, 2.05) is 11.9 Å². The van der Waals surface area contributed by atoms with Crippen molar-refractivity contribution in [2.24, 2.45) is 4.99 Å². The van der Waals surface area contributed by atoms with Crippen LogP contribution in [0.1, 0.15) is 28.8 Å². The van der Waals surface area contributed by atoms with Crippen LogP contribution in [-0.2, 0) is 25.6 Å². The molecule has 1 heterocycles. The molecule has 1 N–H and O–H groups in total. The van der Waals surface area contributed by atoms with Gasteiger partial charge in [-0.25, -0.2) is 4.98 Å². The summed E-state index contributed by atoms with van der Waals surface area (Å²) in [5.41, 5.74) is 1.21. The fourth-order valence-electron chi connectivity index (χ4n) is 2.46. The number of nitrogens with zero attached hydrogens (tertiary/aromatic N) is 3. The molecule has 1 aromatic heterocycles. The molecule has 0 fully saturated rings. The van der Waals surface area contributed by atoms with Gasteiger partial charge in [-0.2, -0.15) is 13.2 Å². The van der Waals surface area contributed by atoms with Crippen molar-refractivity contribution < 1.29 is 13.2 Å². The molecular weight excluding hydrogens is 361 g/mol. The molecule has 0 radical (unpaired) electrons. The molecule has 0 unspecified atom stereocenters.